The molecule has 1 amide bonds. The molecule has 44 heavy (non-hydrogen) atoms. The Labute approximate surface area is 250 Å². The molecule has 0 spiro atoms. The number of nitrogens with zero attached hydrogens (tertiary/aromatic N) is 9. The summed E-state index contributed by atoms with van der Waals surface area (Å²) < 4.78 is 37.4. The summed E-state index contributed by atoms with van der Waals surface area (Å²) in [6.45, 7) is 6.93. The quantitative estimate of drug-likeness (QED) is 0.269. The first-order chi connectivity index (χ1) is 21.3. The van der Waals surface area contributed by atoms with Crippen molar-refractivity contribution in [2.45, 2.75) is 25.8 Å². The zero-order valence-corrected chi connectivity index (χ0v) is 24.0. The van der Waals surface area contributed by atoms with Crippen LogP contribution in [0.25, 0.3) is 22.1 Å². The highest BCUT2D eigenvalue weighted by atomic mass is 19.1. The Balaban J connectivity index is 1.14. The maximum atomic E-state index is 15.6. The number of anilines is 3. The van der Waals surface area contributed by atoms with Crippen LogP contribution in [0.2, 0.25) is 0 Å². The number of carbonyl (C=O) groups excluding carboxylic acids is 1. The number of amides is 1. The fourth-order valence-corrected chi connectivity index (χ4v) is 5.66. The van der Waals surface area contributed by atoms with Crippen molar-refractivity contribution in [3.63, 3.8) is 0 Å². The van der Waals surface area contributed by atoms with Crippen LogP contribution in [-0.2, 0) is 11.8 Å². The largest absolute Gasteiger partial charge is 0.457 e. The molecule has 1 N–H and O–H groups in total. The highest BCUT2D eigenvalue weighted by molar-refractivity contribution is 5.88. The van der Waals surface area contributed by atoms with Gasteiger partial charge < -0.3 is 19.9 Å². The molecule has 3 aromatic heterocycles. The van der Waals surface area contributed by atoms with Crippen molar-refractivity contribution >= 4 is 45.4 Å². The van der Waals surface area contributed by atoms with Crippen molar-refractivity contribution in [1.29, 1.82) is 0 Å². The van der Waals surface area contributed by atoms with Gasteiger partial charge >= 0.3 is 0 Å². The number of nitrogens with one attached hydrogen (secondary N) is 1. The second kappa shape index (κ2) is 10.8. The molecule has 2 aliphatic rings. The van der Waals surface area contributed by atoms with Crippen LogP contribution in [0, 0.1) is 24.5 Å². The lowest BCUT2D eigenvalue weighted by Crippen LogP contribution is -2.56. The van der Waals surface area contributed by atoms with Crippen LogP contribution in [0.5, 0.6) is 11.5 Å². The zero-order chi connectivity index (χ0) is 30.5. The molecule has 4 heterocycles. The van der Waals surface area contributed by atoms with Crippen LogP contribution in [0.4, 0.5) is 26.2 Å². The van der Waals surface area contributed by atoms with Gasteiger partial charge in [0.15, 0.2) is 17.5 Å². The van der Waals surface area contributed by atoms with E-state index in [4.69, 9.17) is 9.72 Å². The molecule has 1 aliphatic carbocycles. The van der Waals surface area contributed by atoms with E-state index in [1.54, 1.807) is 32.3 Å². The van der Waals surface area contributed by atoms with Crippen LogP contribution >= 0.6 is 0 Å². The van der Waals surface area contributed by atoms with Gasteiger partial charge in [-0.05, 0) is 43.9 Å². The van der Waals surface area contributed by atoms with Crippen molar-refractivity contribution in [2.24, 2.45) is 13.0 Å². The Morgan fingerprint density at radius 2 is 1.98 bits per heavy atom. The van der Waals surface area contributed by atoms with Crippen LogP contribution in [0.3, 0.4) is 0 Å². The number of benzene rings is 2. The average molecular weight is 599 g/mol. The first kappa shape index (κ1) is 27.6. The molecule has 7 rings (SSSR count). The van der Waals surface area contributed by atoms with E-state index in [-0.39, 0.29) is 40.2 Å². The van der Waals surface area contributed by atoms with Crippen molar-refractivity contribution in [1.82, 2.24) is 39.8 Å². The Morgan fingerprint density at radius 1 is 1.14 bits per heavy atom. The van der Waals surface area contributed by atoms with Crippen LogP contribution < -0.4 is 15.0 Å². The van der Waals surface area contributed by atoms with E-state index in [2.05, 4.69) is 42.1 Å². The minimum Gasteiger partial charge on any atom is -0.457 e. The van der Waals surface area contributed by atoms with Gasteiger partial charge in [-0.2, -0.15) is 0 Å². The molecule has 1 saturated heterocycles. The second-order valence-corrected chi connectivity index (χ2v) is 11.0. The molecule has 0 radical (unpaired) electrons. The lowest BCUT2D eigenvalue weighted by Gasteiger charge is -2.41. The third-order valence-corrected chi connectivity index (χ3v) is 8.13. The number of aryl methyl sites for hydroxylation is 1. The van der Waals surface area contributed by atoms with Crippen molar-refractivity contribution in [3.05, 3.63) is 66.6 Å². The molecule has 14 heteroatoms. The van der Waals surface area contributed by atoms with Gasteiger partial charge in [-0.15, -0.1) is 5.10 Å². The maximum Gasteiger partial charge on any atom is 0.246 e. The standard InChI is InChI=1S/C30H28F2N10O2/c1-4-25(43)42-10-9-41(14-23(42)17-5-6-17)30-33-13-22-27(37-30)29(35-15-34-22)36-20-7-8-24(16(2)26(20)32)44-18-11-19(31)28-21(12-18)38-39-40(28)3/h4,7-8,11-13,15,17,23H,1,5-6,9-10,14H2,2-3H3,(H,34,35,36)/t23-/m1/s1. The van der Waals surface area contributed by atoms with E-state index >= 15 is 4.39 Å². The smallest absolute Gasteiger partial charge is 0.246 e. The van der Waals surface area contributed by atoms with E-state index in [0.717, 1.165) is 12.8 Å². The average Bonchev–Trinajstić information content (AvgIpc) is 3.82. The number of rotatable bonds is 7. The van der Waals surface area contributed by atoms with E-state index in [1.807, 2.05) is 4.90 Å². The number of fused-ring (bicyclic) bond motifs is 2. The number of halogens is 2. The lowest BCUT2D eigenvalue weighted by atomic mass is 10.1. The SMILES string of the molecule is C=CC(=O)N1CCN(c2ncc3ncnc(Nc4ccc(Oc5cc(F)c6c(c5)nnn6C)c(C)c4F)c3n2)C[C@@H]1C1CC1. The molecule has 2 fully saturated rings. The van der Waals surface area contributed by atoms with Crippen molar-refractivity contribution in [2.75, 3.05) is 29.9 Å². The monoisotopic (exact) mass is 598 g/mol. The predicted octanol–water partition coefficient (Wildman–Crippen LogP) is 4.44. The van der Waals surface area contributed by atoms with Crippen LogP contribution in [0.15, 0.2) is 49.4 Å². The summed E-state index contributed by atoms with van der Waals surface area (Å²) in [6.07, 6.45) is 6.51. The molecule has 2 aromatic carbocycles. The predicted molar refractivity (Wildman–Crippen MR) is 159 cm³/mol. The fraction of sp³-hybridized carbons (Fsp3) is 0.300. The molecule has 224 valence electrons. The van der Waals surface area contributed by atoms with Gasteiger partial charge in [0.1, 0.15) is 39.9 Å². The molecule has 0 bridgehead atoms. The second-order valence-electron chi connectivity index (χ2n) is 11.0. The summed E-state index contributed by atoms with van der Waals surface area (Å²) >= 11 is 0. The minimum absolute atomic E-state index is 0.0617. The summed E-state index contributed by atoms with van der Waals surface area (Å²) in [5, 5.41) is 10.8. The Morgan fingerprint density at radius 3 is 2.77 bits per heavy atom. The molecule has 1 saturated carbocycles. The summed E-state index contributed by atoms with van der Waals surface area (Å²) in [5.41, 5.74) is 1.85. The van der Waals surface area contributed by atoms with Gasteiger partial charge in [-0.25, -0.2) is 33.4 Å². The van der Waals surface area contributed by atoms with E-state index in [9.17, 15) is 9.18 Å². The van der Waals surface area contributed by atoms with Crippen LogP contribution in [-0.4, -0.2) is 71.4 Å². The first-order valence-corrected chi connectivity index (χ1v) is 14.2. The summed E-state index contributed by atoms with van der Waals surface area (Å²) in [5.74, 6) is 0.451. The van der Waals surface area contributed by atoms with E-state index in [0.29, 0.717) is 53.9 Å². The Hall–Kier alpha value is -5.27. The van der Waals surface area contributed by atoms with E-state index in [1.165, 1.54) is 29.2 Å². The Bertz CT molecular complexity index is 1940. The van der Waals surface area contributed by atoms with Gasteiger partial charge in [0.05, 0.1) is 17.9 Å². The maximum absolute atomic E-state index is 15.6. The van der Waals surface area contributed by atoms with Gasteiger partial charge in [0.2, 0.25) is 11.9 Å². The van der Waals surface area contributed by atoms with Gasteiger partial charge in [0.25, 0.3) is 0 Å². The summed E-state index contributed by atoms with van der Waals surface area (Å²) in [4.78, 5) is 34.3. The summed E-state index contributed by atoms with van der Waals surface area (Å²) in [6, 6.07) is 5.93. The fourth-order valence-electron chi connectivity index (χ4n) is 5.66. The molecule has 5 aromatic rings. The van der Waals surface area contributed by atoms with Crippen LogP contribution in [0.1, 0.15) is 18.4 Å². The lowest BCUT2D eigenvalue weighted by molar-refractivity contribution is -0.129. The van der Waals surface area contributed by atoms with E-state index < -0.39 is 11.6 Å². The summed E-state index contributed by atoms with van der Waals surface area (Å²) in [7, 11) is 1.59. The Kier molecular flexibility index (Phi) is 6.75. The molecule has 1 aliphatic heterocycles. The minimum atomic E-state index is -0.570. The number of ether oxygens (including phenoxy) is 1. The van der Waals surface area contributed by atoms with Gasteiger partial charge in [-0.3, -0.25) is 4.79 Å². The highest BCUT2D eigenvalue weighted by Gasteiger charge is 2.40. The number of hydrogen-bond donors (Lipinski definition) is 1. The molecule has 1 atom stereocenters. The number of aromatic nitrogens is 7. The van der Waals surface area contributed by atoms with Crippen molar-refractivity contribution in [3.8, 4) is 11.5 Å². The third-order valence-electron chi connectivity index (χ3n) is 8.13. The molecular formula is C30H28F2N10O2. The number of carbonyl (C=O) groups is 1. The highest BCUT2D eigenvalue weighted by Crippen LogP contribution is 2.38. The molecular weight excluding hydrogens is 570 g/mol. The molecule has 0 unspecified atom stereocenters. The van der Waals surface area contributed by atoms with Gasteiger partial charge in [-0.1, -0.05) is 11.8 Å². The first-order valence-electron chi connectivity index (χ1n) is 14.2. The molecule has 12 nitrogen and oxygen atoms in total. The zero-order valence-electron chi connectivity index (χ0n) is 24.0. The topological polar surface area (TPSA) is 127 Å². The third kappa shape index (κ3) is 4.91. The van der Waals surface area contributed by atoms with Crippen molar-refractivity contribution < 1.29 is 18.3 Å². The number of piperazine rings is 1. The number of hydrogen-bond acceptors (Lipinski definition) is 10. The normalized spacial score (nSPS) is 16.9. The van der Waals surface area contributed by atoms with Gasteiger partial charge in [0, 0.05) is 44.4 Å².